The van der Waals surface area contributed by atoms with Crippen molar-refractivity contribution in [2.24, 2.45) is 7.05 Å². The van der Waals surface area contributed by atoms with Gasteiger partial charge in [-0.3, -0.25) is 14.0 Å². The Morgan fingerprint density at radius 2 is 2.16 bits per heavy atom. The number of carboxylic acids is 1. The Kier molecular flexibility index (Phi) is 3.69. The van der Waals surface area contributed by atoms with Gasteiger partial charge < -0.3 is 5.11 Å². The molecule has 0 atom stereocenters. The van der Waals surface area contributed by atoms with Crippen molar-refractivity contribution in [2.75, 3.05) is 0 Å². The van der Waals surface area contributed by atoms with Gasteiger partial charge in [-0.15, -0.1) is 0 Å². The molecule has 0 radical (unpaired) electrons. The number of aromatic carboxylic acids is 1. The van der Waals surface area contributed by atoms with Crippen molar-refractivity contribution in [3.8, 4) is 0 Å². The van der Waals surface area contributed by atoms with Gasteiger partial charge in [-0.1, -0.05) is 0 Å². The molecular formula is C11H11IN4O3. The van der Waals surface area contributed by atoms with Gasteiger partial charge in [0.05, 0.1) is 22.0 Å². The van der Waals surface area contributed by atoms with Gasteiger partial charge in [-0.25, -0.2) is 9.78 Å². The zero-order valence-corrected chi connectivity index (χ0v) is 12.4. The zero-order chi connectivity index (χ0) is 14.2. The summed E-state index contributed by atoms with van der Waals surface area (Å²) in [6.07, 6.45) is 2.77. The average molecular weight is 374 g/mol. The molecule has 0 aliphatic rings. The molecule has 1 N–H and O–H groups in total. The van der Waals surface area contributed by atoms with Gasteiger partial charge in [0, 0.05) is 13.2 Å². The first-order valence-electron chi connectivity index (χ1n) is 5.38. The van der Waals surface area contributed by atoms with E-state index in [0.717, 1.165) is 0 Å². The molecule has 8 heteroatoms. The molecule has 0 saturated heterocycles. The summed E-state index contributed by atoms with van der Waals surface area (Å²) >= 11 is 1.90. The van der Waals surface area contributed by atoms with Crippen molar-refractivity contribution >= 4 is 28.6 Å². The third kappa shape index (κ3) is 2.53. The first-order valence-corrected chi connectivity index (χ1v) is 6.45. The SMILES string of the molecule is Cc1ncc(I)c(=O)n1Cc1c(C(=O)O)cnn1C. The molecule has 0 spiro atoms. The van der Waals surface area contributed by atoms with E-state index in [4.69, 9.17) is 5.11 Å². The highest BCUT2D eigenvalue weighted by Gasteiger charge is 2.17. The van der Waals surface area contributed by atoms with E-state index in [1.807, 2.05) is 22.6 Å². The van der Waals surface area contributed by atoms with Crippen LogP contribution >= 0.6 is 22.6 Å². The second-order valence-electron chi connectivity index (χ2n) is 3.98. The lowest BCUT2D eigenvalue weighted by Crippen LogP contribution is -2.27. The largest absolute Gasteiger partial charge is 0.478 e. The Morgan fingerprint density at radius 3 is 2.79 bits per heavy atom. The highest BCUT2D eigenvalue weighted by atomic mass is 127. The van der Waals surface area contributed by atoms with Gasteiger partial charge in [0.2, 0.25) is 0 Å². The van der Waals surface area contributed by atoms with Crippen LogP contribution in [0.25, 0.3) is 0 Å². The standard InChI is InChI=1S/C11H11IN4O3/c1-6-13-4-8(12)10(17)16(6)5-9-7(11(18)19)3-14-15(9)2/h3-4H,5H2,1-2H3,(H,18,19). The minimum absolute atomic E-state index is 0.0904. The van der Waals surface area contributed by atoms with Crippen LogP contribution < -0.4 is 5.56 Å². The summed E-state index contributed by atoms with van der Waals surface area (Å²) in [5.41, 5.74) is 0.361. The van der Waals surface area contributed by atoms with E-state index in [1.165, 1.54) is 21.6 Å². The third-order valence-electron chi connectivity index (χ3n) is 2.80. The summed E-state index contributed by atoms with van der Waals surface area (Å²) in [4.78, 5) is 27.3. The normalized spacial score (nSPS) is 10.7. The van der Waals surface area contributed by atoms with Crippen LogP contribution in [0.15, 0.2) is 17.2 Å². The first kappa shape index (κ1) is 13.7. The van der Waals surface area contributed by atoms with Gasteiger partial charge in [0.1, 0.15) is 11.4 Å². The number of nitrogens with zero attached hydrogens (tertiary/aromatic N) is 4. The summed E-state index contributed by atoms with van der Waals surface area (Å²) in [6.45, 7) is 1.83. The van der Waals surface area contributed by atoms with Gasteiger partial charge >= 0.3 is 5.97 Å². The van der Waals surface area contributed by atoms with E-state index in [-0.39, 0.29) is 17.7 Å². The van der Waals surface area contributed by atoms with Crippen molar-refractivity contribution < 1.29 is 9.90 Å². The smallest absolute Gasteiger partial charge is 0.339 e. The lowest BCUT2D eigenvalue weighted by atomic mass is 10.2. The van der Waals surface area contributed by atoms with Gasteiger partial charge in [0.15, 0.2) is 0 Å². The summed E-state index contributed by atoms with van der Waals surface area (Å²) in [6, 6.07) is 0. The Bertz CT molecular complexity index is 704. The topological polar surface area (TPSA) is 90.0 Å². The zero-order valence-electron chi connectivity index (χ0n) is 10.3. The lowest BCUT2D eigenvalue weighted by Gasteiger charge is -2.10. The van der Waals surface area contributed by atoms with E-state index in [1.54, 1.807) is 14.0 Å². The molecule has 0 amide bonds. The Balaban J connectivity index is 2.54. The molecule has 0 aromatic carbocycles. The molecule has 2 aromatic rings. The van der Waals surface area contributed by atoms with Crippen molar-refractivity contribution in [1.82, 2.24) is 19.3 Å². The van der Waals surface area contributed by atoms with Crippen LogP contribution in [0.5, 0.6) is 0 Å². The average Bonchev–Trinajstić information content (AvgIpc) is 2.71. The number of hydrogen-bond acceptors (Lipinski definition) is 4. The number of hydrogen-bond donors (Lipinski definition) is 1. The third-order valence-corrected chi connectivity index (χ3v) is 3.54. The summed E-state index contributed by atoms with van der Waals surface area (Å²) in [5, 5.41) is 13.0. The van der Waals surface area contributed by atoms with Crippen molar-refractivity contribution in [3.63, 3.8) is 0 Å². The summed E-state index contributed by atoms with van der Waals surface area (Å²) in [7, 11) is 1.64. The van der Waals surface area contributed by atoms with Crippen LogP contribution in [0.2, 0.25) is 0 Å². The second kappa shape index (κ2) is 5.11. The molecule has 0 fully saturated rings. The fourth-order valence-electron chi connectivity index (χ4n) is 1.72. The predicted octanol–water partition coefficient (Wildman–Crippen LogP) is 0.636. The number of rotatable bonds is 3. The Labute approximate surface area is 122 Å². The minimum Gasteiger partial charge on any atom is -0.478 e. The molecule has 0 aliphatic carbocycles. The van der Waals surface area contributed by atoms with E-state index in [9.17, 15) is 9.59 Å². The van der Waals surface area contributed by atoms with E-state index in [0.29, 0.717) is 15.1 Å². The number of halogens is 1. The Morgan fingerprint density at radius 1 is 1.47 bits per heavy atom. The number of aromatic nitrogens is 4. The maximum absolute atomic E-state index is 12.0. The summed E-state index contributed by atoms with van der Waals surface area (Å²) < 4.78 is 3.38. The molecule has 7 nitrogen and oxygen atoms in total. The van der Waals surface area contributed by atoms with Crippen LogP contribution in [-0.2, 0) is 13.6 Å². The highest BCUT2D eigenvalue weighted by molar-refractivity contribution is 14.1. The van der Waals surface area contributed by atoms with E-state index in [2.05, 4.69) is 10.1 Å². The molecule has 0 unspecified atom stereocenters. The molecule has 19 heavy (non-hydrogen) atoms. The molecule has 2 aromatic heterocycles. The molecular weight excluding hydrogens is 363 g/mol. The van der Waals surface area contributed by atoms with Crippen molar-refractivity contribution in [2.45, 2.75) is 13.5 Å². The van der Waals surface area contributed by atoms with Crippen molar-refractivity contribution in [3.05, 3.63) is 43.4 Å². The fraction of sp³-hybridized carbons (Fsp3) is 0.273. The van der Waals surface area contributed by atoms with Crippen LogP contribution in [0.1, 0.15) is 21.9 Å². The summed E-state index contributed by atoms with van der Waals surface area (Å²) in [5.74, 6) is -0.532. The van der Waals surface area contributed by atoms with Crippen LogP contribution in [0, 0.1) is 10.5 Å². The maximum Gasteiger partial charge on any atom is 0.339 e. The number of carbonyl (C=O) groups is 1. The van der Waals surface area contributed by atoms with Crippen LogP contribution in [0.3, 0.4) is 0 Å². The highest BCUT2D eigenvalue weighted by Crippen LogP contribution is 2.10. The van der Waals surface area contributed by atoms with Gasteiger partial charge in [-0.2, -0.15) is 5.10 Å². The van der Waals surface area contributed by atoms with Crippen LogP contribution in [0.4, 0.5) is 0 Å². The number of aryl methyl sites for hydroxylation is 2. The molecule has 2 heterocycles. The lowest BCUT2D eigenvalue weighted by molar-refractivity contribution is 0.0695. The molecule has 100 valence electrons. The quantitative estimate of drug-likeness (QED) is 0.797. The number of carboxylic acid groups (broad SMARTS) is 1. The minimum atomic E-state index is -1.06. The predicted molar refractivity (Wildman–Crippen MR) is 75.2 cm³/mol. The van der Waals surface area contributed by atoms with E-state index >= 15 is 0 Å². The first-order chi connectivity index (χ1) is 8.91. The maximum atomic E-state index is 12.0. The molecule has 0 bridgehead atoms. The molecule has 0 aliphatic heterocycles. The van der Waals surface area contributed by atoms with Gasteiger partial charge in [0.25, 0.3) is 5.56 Å². The molecule has 2 rings (SSSR count). The van der Waals surface area contributed by atoms with E-state index < -0.39 is 5.97 Å². The Hall–Kier alpha value is -1.71. The fourth-order valence-corrected chi connectivity index (χ4v) is 2.15. The second-order valence-corrected chi connectivity index (χ2v) is 5.14. The van der Waals surface area contributed by atoms with Gasteiger partial charge in [-0.05, 0) is 29.5 Å². The van der Waals surface area contributed by atoms with Crippen LogP contribution in [-0.4, -0.2) is 30.4 Å². The monoisotopic (exact) mass is 374 g/mol. The van der Waals surface area contributed by atoms with Crippen molar-refractivity contribution in [1.29, 1.82) is 0 Å². The molecule has 0 saturated carbocycles.